The van der Waals surface area contributed by atoms with E-state index in [0.29, 0.717) is 17.0 Å². The molecular weight excluding hydrogens is 474 g/mol. The van der Waals surface area contributed by atoms with E-state index in [1.165, 1.54) is 25.2 Å². The van der Waals surface area contributed by atoms with Crippen LogP contribution in [0, 0.1) is 6.92 Å². The minimum Gasteiger partial charge on any atom is -0.452 e. The third kappa shape index (κ3) is 4.62. The molecule has 0 atom stereocenters. The van der Waals surface area contributed by atoms with Crippen LogP contribution < -0.4 is 5.32 Å². The average Bonchev–Trinajstić information content (AvgIpc) is 3.48. The van der Waals surface area contributed by atoms with Gasteiger partial charge in [0.05, 0.1) is 28.5 Å². The normalized spacial score (nSPS) is 12.4. The van der Waals surface area contributed by atoms with Gasteiger partial charge in [0.15, 0.2) is 12.4 Å². The molecular formula is C28H21N3O6. The standard InChI is InChI=1S/C28H21N3O6/c1-16-7-9-17(10-8-16)23-14-29-25(37-23)19-5-3-4-6-21(19)28(35)36-15-24(32)30-18-11-12-20-22(13-18)27(34)31(2)26(20)33/h3-14H,15H2,1-2H3,(H,30,32). The zero-order chi connectivity index (χ0) is 26.1. The lowest BCUT2D eigenvalue weighted by molar-refractivity contribution is -0.119. The summed E-state index contributed by atoms with van der Waals surface area (Å²) >= 11 is 0. The number of fused-ring (bicyclic) bond motifs is 1. The van der Waals surface area contributed by atoms with E-state index in [1.54, 1.807) is 30.5 Å². The first-order valence-corrected chi connectivity index (χ1v) is 11.4. The third-order valence-corrected chi connectivity index (χ3v) is 5.93. The van der Waals surface area contributed by atoms with Gasteiger partial charge in [-0.1, -0.05) is 42.0 Å². The Morgan fingerprint density at radius 2 is 1.68 bits per heavy atom. The molecule has 0 fully saturated rings. The Balaban J connectivity index is 1.26. The van der Waals surface area contributed by atoms with Gasteiger partial charge < -0.3 is 14.5 Å². The first kappa shape index (κ1) is 23.7. The molecule has 0 spiro atoms. The molecule has 5 rings (SSSR count). The molecule has 0 unspecified atom stereocenters. The number of nitrogens with zero attached hydrogens (tertiary/aromatic N) is 2. The summed E-state index contributed by atoms with van der Waals surface area (Å²) in [5.41, 5.74) is 3.37. The summed E-state index contributed by atoms with van der Waals surface area (Å²) in [6.45, 7) is 1.43. The second-order valence-electron chi connectivity index (χ2n) is 8.50. The van der Waals surface area contributed by atoms with Crippen molar-refractivity contribution in [1.29, 1.82) is 0 Å². The molecule has 1 aliphatic heterocycles. The number of carbonyl (C=O) groups excluding carboxylic acids is 4. The van der Waals surface area contributed by atoms with Crippen molar-refractivity contribution >= 4 is 29.4 Å². The molecule has 1 N–H and O–H groups in total. The number of aromatic nitrogens is 1. The molecule has 2 heterocycles. The Labute approximate surface area is 211 Å². The van der Waals surface area contributed by atoms with Crippen molar-refractivity contribution in [2.75, 3.05) is 19.0 Å². The highest BCUT2D eigenvalue weighted by atomic mass is 16.5. The second kappa shape index (κ2) is 9.54. The molecule has 0 bridgehead atoms. The maximum absolute atomic E-state index is 12.8. The Morgan fingerprint density at radius 3 is 2.46 bits per heavy atom. The van der Waals surface area contributed by atoms with E-state index < -0.39 is 30.3 Å². The van der Waals surface area contributed by atoms with E-state index in [2.05, 4.69) is 10.3 Å². The fourth-order valence-corrected chi connectivity index (χ4v) is 3.94. The number of imide groups is 1. The quantitative estimate of drug-likeness (QED) is 0.312. The van der Waals surface area contributed by atoms with Crippen molar-refractivity contribution in [2.24, 2.45) is 0 Å². The minimum absolute atomic E-state index is 0.192. The Hall–Kier alpha value is -5.05. The summed E-state index contributed by atoms with van der Waals surface area (Å²) in [5.74, 6) is -1.38. The van der Waals surface area contributed by atoms with Gasteiger partial charge in [0, 0.05) is 18.3 Å². The van der Waals surface area contributed by atoms with Crippen LogP contribution in [-0.2, 0) is 9.53 Å². The number of amides is 3. The van der Waals surface area contributed by atoms with Gasteiger partial charge in [0.25, 0.3) is 17.7 Å². The topological polar surface area (TPSA) is 119 Å². The van der Waals surface area contributed by atoms with Gasteiger partial charge in [-0.15, -0.1) is 0 Å². The number of oxazole rings is 1. The van der Waals surface area contributed by atoms with E-state index in [-0.39, 0.29) is 22.6 Å². The number of hydrogen-bond donors (Lipinski definition) is 1. The van der Waals surface area contributed by atoms with Crippen LogP contribution in [0.25, 0.3) is 22.8 Å². The lowest BCUT2D eigenvalue weighted by Crippen LogP contribution is -2.24. The van der Waals surface area contributed by atoms with Crippen LogP contribution >= 0.6 is 0 Å². The summed E-state index contributed by atoms with van der Waals surface area (Å²) in [4.78, 5) is 54.7. The van der Waals surface area contributed by atoms with Crippen LogP contribution in [0.2, 0.25) is 0 Å². The molecule has 0 saturated heterocycles. The molecule has 1 aliphatic rings. The highest BCUT2D eigenvalue weighted by Crippen LogP contribution is 2.29. The van der Waals surface area contributed by atoms with Gasteiger partial charge >= 0.3 is 5.97 Å². The minimum atomic E-state index is -0.725. The third-order valence-electron chi connectivity index (χ3n) is 5.93. The molecule has 184 valence electrons. The van der Waals surface area contributed by atoms with Crippen LogP contribution in [-0.4, -0.2) is 47.2 Å². The average molecular weight is 495 g/mol. The molecule has 1 aromatic heterocycles. The molecule has 3 amide bonds. The van der Waals surface area contributed by atoms with Gasteiger partial charge in [0.2, 0.25) is 5.89 Å². The molecule has 0 aliphatic carbocycles. The highest BCUT2D eigenvalue weighted by Gasteiger charge is 2.32. The summed E-state index contributed by atoms with van der Waals surface area (Å²) < 4.78 is 11.1. The van der Waals surface area contributed by atoms with E-state index in [1.807, 2.05) is 31.2 Å². The SMILES string of the molecule is Cc1ccc(-c2cnc(-c3ccccc3C(=O)OCC(=O)Nc3ccc4c(c3)C(=O)N(C)C4=O)o2)cc1. The number of carbonyl (C=O) groups is 4. The smallest absolute Gasteiger partial charge is 0.339 e. The van der Waals surface area contributed by atoms with Crippen molar-refractivity contribution < 1.29 is 28.3 Å². The fraction of sp³-hybridized carbons (Fsp3) is 0.107. The largest absolute Gasteiger partial charge is 0.452 e. The van der Waals surface area contributed by atoms with E-state index in [0.717, 1.165) is 16.0 Å². The monoisotopic (exact) mass is 495 g/mol. The first-order chi connectivity index (χ1) is 17.8. The maximum atomic E-state index is 12.8. The Morgan fingerprint density at radius 1 is 0.946 bits per heavy atom. The van der Waals surface area contributed by atoms with Gasteiger partial charge in [-0.3, -0.25) is 19.3 Å². The molecule has 0 radical (unpaired) electrons. The Kier molecular flexibility index (Phi) is 6.10. The summed E-state index contributed by atoms with van der Waals surface area (Å²) in [6.07, 6.45) is 1.59. The number of aryl methyl sites for hydroxylation is 1. The van der Waals surface area contributed by atoms with Crippen molar-refractivity contribution in [3.8, 4) is 22.8 Å². The van der Waals surface area contributed by atoms with Crippen LogP contribution in [0.4, 0.5) is 5.69 Å². The number of anilines is 1. The number of rotatable bonds is 6. The van der Waals surface area contributed by atoms with E-state index in [9.17, 15) is 19.2 Å². The maximum Gasteiger partial charge on any atom is 0.339 e. The fourth-order valence-electron chi connectivity index (χ4n) is 3.94. The van der Waals surface area contributed by atoms with E-state index >= 15 is 0 Å². The molecule has 9 heteroatoms. The lowest BCUT2D eigenvalue weighted by atomic mass is 10.1. The van der Waals surface area contributed by atoms with Crippen molar-refractivity contribution in [1.82, 2.24) is 9.88 Å². The first-order valence-electron chi connectivity index (χ1n) is 11.4. The van der Waals surface area contributed by atoms with Gasteiger partial charge in [-0.05, 0) is 37.3 Å². The van der Waals surface area contributed by atoms with Crippen molar-refractivity contribution in [3.63, 3.8) is 0 Å². The summed E-state index contributed by atoms with van der Waals surface area (Å²) in [7, 11) is 1.39. The lowest BCUT2D eigenvalue weighted by Gasteiger charge is -2.09. The van der Waals surface area contributed by atoms with Gasteiger partial charge in [-0.25, -0.2) is 9.78 Å². The predicted octanol–water partition coefficient (Wildman–Crippen LogP) is 4.34. The van der Waals surface area contributed by atoms with E-state index in [4.69, 9.17) is 9.15 Å². The summed E-state index contributed by atoms with van der Waals surface area (Å²) in [6, 6.07) is 18.8. The second-order valence-corrected chi connectivity index (χ2v) is 8.50. The Bertz CT molecular complexity index is 1550. The number of benzene rings is 3. The van der Waals surface area contributed by atoms with Crippen LogP contribution in [0.5, 0.6) is 0 Å². The zero-order valence-electron chi connectivity index (χ0n) is 20.0. The molecule has 4 aromatic rings. The number of nitrogens with one attached hydrogen (secondary N) is 1. The molecule has 0 saturated carbocycles. The zero-order valence-corrected chi connectivity index (χ0v) is 20.0. The number of ether oxygens (including phenoxy) is 1. The van der Waals surface area contributed by atoms with Crippen molar-refractivity contribution in [2.45, 2.75) is 6.92 Å². The summed E-state index contributed by atoms with van der Waals surface area (Å²) in [5, 5.41) is 2.57. The number of hydrogen-bond acceptors (Lipinski definition) is 7. The number of esters is 1. The van der Waals surface area contributed by atoms with Gasteiger partial charge in [-0.2, -0.15) is 0 Å². The van der Waals surface area contributed by atoms with Crippen molar-refractivity contribution in [3.05, 3.63) is 95.2 Å². The van der Waals surface area contributed by atoms with Gasteiger partial charge in [0.1, 0.15) is 0 Å². The highest BCUT2D eigenvalue weighted by molar-refractivity contribution is 6.21. The predicted molar refractivity (Wildman–Crippen MR) is 134 cm³/mol. The molecule has 3 aromatic carbocycles. The van der Waals surface area contributed by atoms with Crippen LogP contribution in [0.15, 0.2) is 77.3 Å². The van der Waals surface area contributed by atoms with Crippen LogP contribution in [0.1, 0.15) is 36.6 Å². The molecule has 9 nitrogen and oxygen atoms in total. The molecule has 37 heavy (non-hydrogen) atoms. The van der Waals surface area contributed by atoms with Crippen LogP contribution in [0.3, 0.4) is 0 Å².